The average molecular weight is 884 g/mol. The van der Waals surface area contributed by atoms with Gasteiger partial charge in [0.05, 0.1) is 56.6 Å². The van der Waals surface area contributed by atoms with Crippen LogP contribution in [0.1, 0.15) is 60.8 Å². The number of hydrogen-bond acceptors (Lipinski definition) is 11. The normalized spacial score (nSPS) is 19.9. The Hall–Kier alpha value is -6.78. The number of hydrogen-bond donors (Lipinski definition) is 3. The first-order valence-electron chi connectivity index (χ1n) is 21.9. The highest BCUT2D eigenvalue weighted by Crippen LogP contribution is 2.45. The number of aromatic amines is 1. The van der Waals surface area contributed by atoms with Crippen molar-refractivity contribution >= 4 is 46.2 Å². The fourth-order valence-electron chi connectivity index (χ4n) is 9.85. The van der Waals surface area contributed by atoms with Crippen LogP contribution in [0.4, 0.5) is 15.3 Å². The van der Waals surface area contributed by atoms with Gasteiger partial charge in [-0.15, -0.1) is 0 Å². The molecule has 1 aromatic heterocycles. The maximum atomic E-state index is 14.2. The van der Waals surface area contributed by atoms with Crippen LogP contribution < -0.4 is 15.4 Å². The van der Waals surface area contributed by atoms with E-state index in [1.54, 1.807) is 25.1 Å². The Kier molecular flexibility index (Phi) is 12.3. The molecular formula is C49H53N7O9. The van der Waals surface area contributed by atoms with E-state index in [4.69, 9.17) is 33.7 Å². The lowest BCUT2D eigenvalue weighted by Crippen LogP contribution is -2.56. The lowest BCUT2D eigenvalue weighted by Gasteiger charge is -2.31. The topological polar surface area (TPSA) is 186 Å². The minimum Gasteiger partial charge on any atom is -0.488 e. The molecular weight excluding hydrogens is 831 g/mol. The van der Waals surface area contributed by atoms with Gasteiger partial charge in [-0.2, -0.15) is 0 Å². The van der Waals surface area contributed by atoms with Crippen LogP contribution in [-0.2, 0) is 41.6 Å². The lowest BCUT2D eigenvalue weighted by atomic mass is 9.90. The molecule has 4 aliphatic rings. The number of likely N-dealkylation sites (tertiary alicyclic amines) is 2. The zero-order chi connectivity index (χ0) is 45.4. The van der Waals surface area contributed by atoms with E-state index in [1.807, 2.05) is 41.3 Å². The Bertz CT molecular complexity index is 2670. The van der Waals surface area contributed by atoms with Crippen molar-refractivity contribution in [1.82, 2.24) is 30.4 Å². The summed E-state index contributed by atoms with van der Waals surface area (Å²) in [6, 6.07) is 21.5. The third-order valence-electron chi connectivity index (χ3n) is 13.2. The molecule has 16 heteroatoms. The molecule has 9 rings (SSSR count). The number of H-pyrrole nitrogens is 1. The van der Waals surface area contributed by atoms with Crippen molar-refractivity contribution in [3.05, 3.63) is 102 Å². The van der Waals surface area contributed by atoms with Crippen LogP contribution >= 0.6 is 0 Å². The monoisotopic (exact) mass is 883 g/mol. The van der Waals surface area contributed by atoms with Crippen LogP contribution in [0, 0.1) is 5.92 Å². The Morgan fingerprint density at radius 3 is 2.46 bits per heavy atom. The van der Waals surface area contributed by atoms with E-state index in [2.05, 4.69) is 52.0 Å². The second-order valence-corrected chi connectivity index (χ2v) is 17.0. The second kappa shape index (κ2) is 18.4. The van der Waals surface area contributed by atoms with Crippen LogP contribution in [0.5, 0.6) is 5.75 Å². The number of ether oxygens (including phenoxy) is 5. The van der Waals surface area contributed by atoms with Crippen LogP contribution in [0.2, 0.25) is 0 Å². The summed E-state index contributed by atoms with van der Waals surface area (Å²) in [5, 5.41) is 7.50. The molecule has 4 amide bonds. The molecule has 0 spiro atoms. The number of aliphatic imine (C=N–C) groups is 1. The minimum atomic E-state index is -0.945. The number of nitrogens with one attached hydrogen (secondary N) is 3. The largest absolute Gasteiger partial charge is 0.488 e. The van der Waals surface area contributed by atoms with Crippen LogP contribution in [0.15, 0.2) is 84.0 Å². The first-order chi connectivity index (χ1) is 31.6. The van der Waals surface area contributed by atoms with Gasteiger partial charge in [-0.3, -0.25) is 14.6 Å². The fraction of sp³-hybridized carbons (Fsp3) is 0.388. The predicted molar refractivity (Wildman–Crippen MR) is 242 cm³/mol. The number of nitrogens with zero attached hydrogens (tertiary/aromatic N) is 4. The van der Waals surface area contributed by atoms with Gasteiger partial charge < -0.3 is 49.1 Å². The van der Waals surface area contributed by atoms with Crippen molar-refractivity contribution in [3.63, 3.8) is 0 Å². The van der Waals surface area contributed by atoms with Gasteiger partial charge in [0.2, 0.25) is 5.91 Å². The first-order valence-corrected chi connectivity index (χ1v) is 21.9. The second-order valence-electron chi connectivity index (χ2n) is 17.0. The molecule has 0 bridgehead atoms. The number of benzene rings is 4. The van der Waals surface area contributed by atoms with Crippen LogP contribution in [0.3, 0.4) is 0 Å². The molecule has 5 heterocycles. The maximum Gasteiger partial charge on any atom is 0.407 e. The highest BCUT2D eigenvalue weighted by atomic mass is 16.5. The van der Waals surface area contributed by atoms with Crippen molar-refractivity contribution in [2.75, 3.05) is 48.1 Å². The van der Waals surface area contributed by atoms with E-state index in [9.17, 15) is 19.2 Å². The van der Waals surface area contributed by atoms with E-state index in [1.165, 1.54) is 21.3 Å². The van der Waals surface area contributed by atoms with Gasteiger partial charge in [0.25, 0.3) is 5.91 Å². The van der Waals surface area contributed by atoms with Crippen molar-refractivity contribution in [2.24, 2.45) is 10.9 Å². The van der Waals surface area contributed by atoms with E-state index < -0.39 is 30.4 Å². The Morgan fingerprint density at radius 2 is 1.69 bits per heavy atom. The molecule has 4 aromatic carbocycles. The third kappa shape index (κ3) is 8.39. The fourth-order valence-corrected chi connectivity index (χ4v) is 9.85. The van der Waals surface area contributed by atoms with E-state index >= 15 is 0 Å². The molecule has 3 N–H and O–H groups in total. The number of amides is 4. The summed E-state index contributed by atoms with van der Waals surface area (Å²) in [6.45, 7) is 3.60. The summed E-state index contributed by atoms with van der Waals surface area (Å²) in [5.41, 5.74) is 8.38. The average Bonchev–Trinajstić information content (AvgIpc) is 4.18. The Morgan fingerprint density at radius 1 is 0.892 bits per heavy atom. The SMILES string of the molecule is COC[C@H]1C[C@@H](C2=Nc3ccc4cc5c(cc4c3C2)OCc2cc(-c3cnc([C@@H]4CCCN4C(=O)[C@H](NC(=O)OC)c4ccccc4)[nH]3)ccc2-5)N(C(=O)C(NC(=O)OC)[C@@H](C)OC)C1. The van der Waals surface area contributed by atoms with Gasteiger partial charge in [0, 0.05) is 50.9 Å². The predicted octanol–water partition coefficient (Wildman–Crippen LogP) is 6.80. The number of rotatable bonds is 12. The molecule has 5 aromatic rings. The van der Waals surface area contributed by atoms with E-state index in [0.717, 1.165) is 74.3 Å². The molecule has 1 unspecified atom stereocenters. The molecule has 16 nitrogen and oxygen atoms in total. The molecule has 65 heavy (non-hydrogen) atoms. The molecule has 4 aliphatic heterocycles. The third-order valence-corrected chi connectivity index (χ3v) is 13.2. The molecule has 0 saturated carbocycles. The molecule has 2 saturated heterocycles. The van der Waals surface area contributed by atoms with Gasteiger partial charge in [-0.25, -0.2) is 14.6 Å². The molecule has 338 valence electrons. The summed E-state index contributed by atoms with van der Waals surface area (Å²) in [4.78, 5) is 69.8. The summed E-state index contributed by atoms with van der Waals surface area (Å²) in [5.74, 6) is 1.08. The van der Waals surface area contributed by atoms with Gasteiger partial charge in [-0.05, 0) is 89.0 Å². The number of carbonyl (C=O) groups excluding carboxylic acids is 4. The van der Waals surface area contributed by atoms with Crippen molar-refractivity contribution in [2.45, 2.75) is 69.5 Å². The smallest absolute Gasteiger partial charge is 0.407 e. The van der Waals surface area contributed by atoms with Gasteiger partial charge in [-0.1, -0.05) is 48.5 Å². The summed E-state index contributed by atoms with van der Waals surface area (Å²) < 4.78 is 27.2. The van der Waals surface area contributed by atoms with Crippen molar-refractivity contribution in [3.8, 4) is 28.1 Å². The number of alkyl carbamates (subject to hydrolysis) is 2. The zero-order valence-corrected chi connectivity index (χ0v) is 37.1. The molecule has 2 fully saturated rings. The first kappa shape index (κ1) is 43.5. The van der Waals surface area contributed by atoms with Crippen molar-refractivity contribution < 1.29 is 42.9 Å². The van der Waals surface area contributed by atoms with E-state index in [-0.39, 0.29) is 29.8 Å². The highest BCUT2D eigenvalue weighted by Gasteiger charge is 2.44. The van der Waals surface area contributed by atoms with Gasteiger partial charge in [0.1, 0.15) is 30.3 Å². The highest BCUT2D eigenvalue weighted by molar-refractivity contribution is 6.06. The summed E-state index contributed by atoms with van der Waals surface area (Å²) in [7, 11) is 5.71. The number of methoxy groups -OCH3 is 4. The maximum absolute atomic E-state index is 14.2. The standard InChI is InChI=1S/C49H53N7O9/c1-27(62-3)43(53-48(59)63-4)46(57)56-24-28(25-61-2)18-41(56)38-21-35-34-22-42-36(20-30(34)14-16-37(35)51-38)33-15-13-31(19-32(33)26-65-42)39-23-50-45(52-39)40-12-9-17-55(40)47(58)44(54-49(60)64-5)29-10-7-6-8-11-29/h6-8,10-11,13-16,19-20,22-23,27-28,40-41,43-44H,9,12,17-18,21,24-26H2,1-5H3,(H,50,52)(H,53,59)(H,54,60)/t27-,28+,40+,41+,43?,44-/m1/s1. The number of aromatic nitrogens is 2. The molecule has 0 aliphatic carbocycles. The van der Waals surface area contributed by atoms with Crippen LogP contribution in [0.25, 0.3) is 33.2 Å². The number of imidazole rings is 1. The summed E-state index contributed by atoms with van der Waals surface area (Å²) in [6.07, 6.45) is 2.60. The van der Waals surface area contributed by atoms with Crippen molar-refractivity contribution in [1.29, 1.82) is 0 Å². The van der Waals surface area contributed by atoms with Gasteiger partial charge in [0.15, 0.2) is 0 Å². The van der Waals surface area contributed by atoms with E-state index in [0.29, 0.717) is 50.5 Å². The number of fused-ring (bicyclic) bond motifs is 6. The minimum absolute atomic E-state index is 0.0924. The summed E-state index contributed by atoms with van der Waals surface area (Å²) >= 11 is 0. The number of carbonyl (C=O) groups is 4. The molecule has 0 radical (unpaired) electrons. The Labute approximate surface area is 376 Å². The van der Waals surface area contributed by atoms with Crippen LogP contribution in [-0.4, -0.2) is 116 Å². The Balaban J connectivity index is 0.937. The zero-order valence-electron chi connectivity index (χ0n) is 37.1. The quantitative estimate of drug-likeness (QED) is 0.120. The molecule has 6 atom stereocenters. The lowest BCUT2D eigenvalue weighted by molar-refractivity contribution is -0.136. The van der Waals surface area contributed by atoms with Gasteiger partial charge >= 0.3 is 12.2 Å².